The fourth-order valence-corrected chi connectivity index (χ4v) is 5.58. The van der Waals surface area contributed by atoms with Crippen LogP contribution in [0.4, 0.5) is 0 Å². The van der Waals surface area contributed by atoms with Gasteiger partial charge in [0, 0.05) is 46.4 Å². The van der Waals surface area contributed by atoms with E-state index in [2.05, 4.69) is 11.2 Å². The van der Waals surface area contributed by atoms with Gasteiger partial charge in [-0.25, -0.2) is 4.79 Å². The number of para-hydroxylation sites is 1. The normalized spacial score (nSPS) is 18.6. The van der Waals surface area contributed by atoms with Crippen LogP contribution < -0.4 is 10.1 Å². The third kappa shape index (κ3) is 5.04. The molecule has 0 saturated carbocycles. The highest BCUT2D eigenvalue weighted by molar-refractivity contribution is 6.04. The largest absolute Gasteiger partial charge is 0.508 e. The molecular weight excluding hydrogens is 490 g/mol. The number of benzene rings is 3. The monoisotopic (exact) mass is 519 g/mol. The third-order valence-corrected chi connectivity index (χ3v) is 7.36. The van der Waals surface area contributed by atoms with E-state index in [1.54, 1.807) is 31.4 Å². The zero-order valence-electron chi connectivity index (χ0n) is 21.9. The first-order chi connectivity index (χ1) is 18.9. The van der Waals surface area contributed by atoms with Crippen molar-refractivity contribution >= 4 is 11.8 Å². The number of phenols is 1. The number of rotatable bonds is 6. The number of ketones is 1. The Balaban J connectivity index is 1.52. The number of hydrogen-bond donors (Lipinski definition) is 2. The van der Waals surface area contributed by atoms with E-state index in [0.29, 0.717) is 34.4 Å². The van der Waals surface area contributed by atoms with Gasteiger partial charge in [0.15, 0.2) is 5.78 Å². The molecule has 5 rings (SSSR count). The molecule has 3 aromatic carbocycles. The van der Waals surface area contributed by atoms with Gasteiger partial charge in [-0.2, -0.15) is 0 Å². The Morgan fingerprint density at radius 1 is 1.08 bits per heavy atom. The molecule has 1 aliphatic carbocycles. The molecule has 39 heavy (non-hydrogen) atoms. The van der Waals surface area contributed by atoms with Crippen LogP contribution in [0, 0.1) is 12.3 Å². The number of ether oxygens (including phenoxy) is 2. The lowest BCUT2D eigenvalue weighted by Gasteiger charge is -2.37. The van der Waals surface area contributed by atoms with E-state index in [9.17, 15) is 14.7 Å². The first-order valence-corrected chi connectivity index (χ1v) is 12.8. The van der Waals surface area contributed by atoms with E-state index in [-0.39, 0.29) is 30.5 Å². The van der Waals surface area contributed by atoms with E-state index in [1.165, 1.54) is 0 Å². The van der Waals surface area contributed by atoms with Crippen molar-refractivity contribution in [1.82, 2.24) is 5.32 Å². The standard InChI is InChI=1S/C33H29NO5/c1-4-21-10-5-6-11-23(21)19-39-33(37)30-20(2)34-27-17-24(26-14-7-8-15-29(26)38-3)18-28(36)32(27)31(30)22-12-9-13-25(35)16-22/h1,5-16,24,31,34-35H,17-19H2,2-3H3/t24-,31-/m1/s1. The molecule has 196 valence electrons. The van der Waals surface area contributed by atoms with Gasteiger partial charge in [-0.1, -0.05) is 54.5 Å². The average molecular weight is 520 g/mol. The van der Waals surface area contributed by atoms with Gasteiger partial charge in [0.25, 0.3) is 0 Å². The molecule has 6 heteroatoms. The van der Waals surface area contributed by atoms with Crippen LogP contribution >= 0.6 is 0 Å². The summed E-state index contributed by atoms with van der Waals surface area (Å²) in [5, 5.41) is 13.6. The summed E-state index contributed by atoms with van der Waals surface area (Å²) >= 11 is 0. The number of aromatic hydroxyl groups is 1. The van der Waals surface area contributed by atoms with Gasteiger partial charge >= 0.3 is 5.97 Å². The van der Waals surface area contributed by atoms with Crippen molar-refractivity contribution in [2.75, 3.05) is 7.11 Å². The number of carbonyl (C=O) groups is 2. The summed E-state index contributed by atoms with van der Waals surface area (Å²) in [6.07, 6.45) is 6.46. The SMILES string of the molecule is C#Cc1ccccc1COC(=O)C1=C(C)NC2=C(C(=O)C[C@H](c3ccccc3OC)C2)[C@@H]1c1cccc(O)c1. The Morgan fingerprint density at radius 3 is 2.62 bits per heavy atom. The van der Waals surface area contributed by atoms with E-state index in [4.69, 9.17) is 15.9 Å². The number of Topliss-reactive ketones (excluding diaryl/α,β-unsaturated/α-hetero) is 1. The number of hydrogen-bond acceptors (Lipinski definition) is 6. The van der Waals surface area contributed by atoms with Gasteiger partial charge in [-0.05, 0) is 48.7 Å². The Kier molecular flexibility index (Phi) is 7.25. The molecular formula is C33H29NO5. The summed E-state index contributed by atoms with van der Waals surface area (Å²) < 4.78 is 11.3. The van der Waals surface area contributed by atoms with Crippen molar-refractivity contribution in [2.45, 2.75) is 38.2 Å². The maximum atomic E-state index is 13.8. The molecule has 0 aromatic heterocycles. The summed E-state index contributed by atoms with van der Waals surface area (Å²) in [5.74, 6) is 2.03. The van der Waals surface area contributed by atoms with Crippen molar-refractivity contribution in [1.29, 1.82) is 0 Å². The van der Waals surface area contributed by atoms with Crippen LogP contribution in [-0.2, 0) is 20.9 Å². The number of phenolic OH excluding ortho intramolecular Hbond substituents is 1. The predicted octanol–water partition coefficient (Wildman–Crippen LogP) is 5.49. The van der Waals surface area contributed by atoms with Gasteiger partial charge < -0.3 is 19.9 Å². The van der Waals surface area contributed by atoms with E-state index >= 15 is 0 Å². The molecule has 0 saturated heterocycles. The van der Waals surface area contributed by atoms with Crippen LogP contribution in [0.3, 0.4) is 0 Å². The van der Waals surface area contributed by atoms with E-state index in [0.717, 1.165) is 22.6 Å². The summed E-state index contributed by atoms with van der Waals surface area (Å²) in [6, 6.07) is 21.7. The van der Waals surface area contributed by atoms with Gasteiger partial charge in [-0.3, -0.25) is 4.79 Å². The van der Waals surface area contributed by atoms with Crippen molar-refractivity contribution < 1.29 is 24.2 Å². The third-order valence-electron chi connectivity index (χ3n) is 7.36. The molecule has 0 unspecified atom stereocenters. The van der Waals surface area contributed by atoms with Crippen LogP contribution in [-0.4, -0.2) is 24.0 Å². The fraction of sp³-hybridized carbons (Fsp3) is 0.212. The number of nitrogens with one attached hydrogen (secondary N) is 1. The molecule has 1 heterocycles. The number of methoxy groups -OCH3 is 1. The summed E-state index contributed by atoms with van der Waals surface area (Å²) in [7, 11) is 1.62. The first kappa shape index (κ1) is 25.9. The fourth-order valence-electron chi connectivity index (χ4n) is 5.58. The van der Waals surface area contributed by atoms with Crippen LogP contribution in [0.15, 0.2) is 95.3 Å². The van der Waals surface area contributed by atoms with Gasteiger partial charge in [-0.15, -0.1) is 6.42 Å². The Labute approximate surface area is 228 Å². The van der Waals surface area contributed by atoms with Crippen molar-refractivity contribution in [3.8, 4) is 23.8 Å². The molecule has 3 aromatic rings. The van der Waals surface area contributed by atoms with Crippen LogP contribution in [0.25, 0.3) is 0 Å². The van der Waals surface area contributed by atoms with Gasteiger partial charge in [0.2, 0.25) is 0 Å². The minimum absolute atomic E-state index is 0.00151. The molecule has 2 aliphatic rings. The molecule has 0 spiro atoms. The highest BCUT2D eigenvalue weighted by Crippen LogP contribution is 2.47. The minimum atomic E-state index is -0.685. The van der Waals surface area contributed by atoms with Crippen LogP contribution in [0.1, 0.15) is 53.9 Å². The Morgan fingerprint density at radius 2 is 1.85 bits per heavy atom. The van der Waals surface area contributed by atoms with Crippen molar-refractivity contribution in [3.05, 3.63) is 118 Å². The summed E-state index contributed by atoms with van der Waals surface area (Å²) in [6.45, 7) is 1.81. The van der Waals surface area contributed by atoms with Gasteiger partial charge in [0.1, 0.15) is 18.1 Å². The zero-order valence-corrected chi connectivity index (χ0v) is 21.9. The molecule has 1 aliphatic heterocycles. The molecule has 2 N–H and O–H groups in total. The molecule has 0 fully saturated rings. The number of carbonyl (C=O) groups excluding carboxylic acids is 2. The zero-order chi connectivity index (χ0) is 27.5. The predicted molar refractivity (Wildman–Crippen MR) is 148 cm³/mol. The average Bonchev–Trinajstić information content (AvgIpc) is 2.95. The topological polar surface area (TPSA) is 84.9 Å². The Hall–Kier alpha value is -4.76. The lowest BCUT2D eigenvalue weighted by atomic mass is 9.71. The second kappa shape index (κ2) is 10.9. The molecule has 0 amide bonds. The smallest absolute Gasteiger partial charge is 0.337 e. The molecule has 2 atom stereocenters. The van der Waals surface area contributed by atoms with Gasteiger partial charge in [0.05, 0.1) is 12.7 Å². The molecule has 6 nitrogen and oxygen atoms in total. The van der Waals surface area contributed by atoms with Crippen LogP contribution in [0.2, 0.25) is 0 Å². The number of terminal acetylenes is 1. The quantitative estimate of drug-likeness (QED) is 0.331. The maximum absolute atomic E-state index is 13.8. The number of esters is 1. The minimum Gasteiger partial charge on any atom is -0.508 e. The second-order valence-corrected chi connectivity index (χ2v) is 9.73. The first-order valence-electron chi connectivity index (χ1n) is 12.8. The summed E-state index contributed by atoms with van der Waals surface area (Å²) in [5.41, 5.74) is 5.20. The lowest BCUT2D eigenvalue weighted by Crippen LogP contribution is -2.36. The van der Waals surface area contributed by atoms with Crippen molar-refractivity contribution in [2.24, 2.45) is 0 Å². The second-order valence-electron chi connectivity index (χ2n) is 9.73. The van der Waals surface area contributed by atoms with E-state index < -0.39 is 11.9 Å². The van der Waals surface area contributed by atoms with E-state index in [1.807, 2.05) is 55.5 Å². The molecule has 0 radical (unpaired) electrons. The van der Waals surface area contributed by atoms with Crippen LogP contribution in [0.5, 0.6) is 11.5 Å². The molecule has 0 bridgehead atoms. The van der Waals surface area contributed by atoms with Crippen molar-refractivity contribution in [3.63, 3.8) is 0 Å². The highest BCUT2D eigenvalue weighted by Gasteiger charge is 2.42. The Bertz CT molecular complexity index is 1560. The number of allylic oxidation sites excluding steroid dienone is 3. The maximum Gasteiger partial charge on any atom is 0.337 e. The number of dihydropyridines is 1. The highest BCUT2D eigenvalue weighted by atomic mass is 16.5. The summed E-state index contributed by atoms with van der Waals surface area (Å²) in [4.78, 5) is 27.4. The lowest BCUT2D eigenvalue weighted by molar-refractivity contribution is -0.140.